The maximum atomic E-state index is 12.9. The maximum absolute atomic E-state index is 12.9. The first-order valence-corrected chi connectivity index (χ1v) is 8.66. The Hall–Kier alpha value is -1.39. The summed E-state index contributed by atoms with van der Waals surface area (Å²) in [5, 5.41) is 0. The Bertz CT molecular complexity index is 443. The molecule has 3 unspecified atom stereocenters. The van der Waals surface area contributed by atoms with Crippen molar-refractivity contribution in [3.8, 4) is 0 Å². The van der Waals surface area contributed by atoms with Crippen LogP contribution in [0.2, 0.25) is 0 Å². The lowest BCUT2D eigenvalue weighted by molar-refractivity contribution is -0.175. The lowest BCUT2D eigenvalue weighted by Crippen LogP contribution is -2.52. The highest BCUT2D eigenvalue weighted by Gasteiger charge is 2.56. The van der Waals surface area contributed by atoms with E-state index in [1.807, 2.05) is 0 Å². The Kier molecular flexibility index (Phi) is 7.23. The van der Waals surface area contributed by atoms with Gasteiger partial charge in [0.2, 0.25) is 0 Å². The molecule has 0 bridgehead atoms. The first kappa shape index (κ1) is 19.7. The number of hydrogen-bond donors (Lipinski definition) is 0. The molecule has 0 aliphatic heterocycles. The minimum absolute atomic E-state index is 0.173. The summed E-state index contributed by atoms with van der Waals surface area (Å²) in [6, 6.07) is 0. The lowest BCUT2D eigenvalue weighted by atomic mass is 9.62. The van der Waals surface area contributed by atoms with Crippen LogP contribution >= 0.6 is 0 Å². The lowest BCUT2D eigenvalue weighted by Gasteiger charge is -2.39. The van der Waals surface area contributed by atoms with Crippen LogP contribution < -0.4 is 0 Å². The first-order valence-electron chi connectivity index (χ1n) is 8.66. The van der Waals surface area contributed by atoms with Gasteiger partial charge in [-0.3, -0.25) is 14.4 Å². The minimum atomic E-state index is -1.38. The molecule has 0 aromatic carbocycles. The van der Waals surface area contributed by atoms with E-state index < -0.39 is 23.3 Å². The van der Waals surface area contributed by atoms with E-state index in [0.29, 0.717) is 18.8 Å². The highest BCUT2D eigenvalue weighted by atomic mass is 16.5. The van der Waals surface area contributed by atoms with Crippen molar-refractivity contribution in [3.63, 3.8) is 0 Å². The van der Waals surface area contributed by atoms with Crippen LogP contribution in [0, 0.1) is 23.2 Å². The van der Waals surface area contributed by atoms with Gasteiger partial charge in [0.15, 0.2) is 5.78 Å². The normalized spacial score (nSPS) is 26.0. The SMILES string of the molecule is CCOC(=O)C(C)C1(C(=O)OCC)CCC(CC(C)C)CC1=O. The van der Waals surface area contributed by atoms with E-state index >= 15 is 0 Å². The van der Waals surface area contributed by atoms with Gasteiger partial charge >= 0.3 is 11.9 Å². The largest absolute Gasteiger partial charge is 0.466 e. The van der Waals surface area contributed by atoms with Crippen molar-refractivity contribution in [1.29, 1.82) is 0 Å². The van der Waals surface area contributed by atoms with Crippen LogP contribution in [0.25, 0.3) is 0 Å². The van der Waals surface area contributed by atoms with Crippen LogP contribution in [0.15, 0.2) is 0 Å². The van der Waals surface area contributed by atoms with Gasteiger partial charge in [0.05, 0.1) is 19.1 Å². The molecule has 5 nitrogen and oxygen atoms in total. The average Bonchev–Trinajstić information content (AvgIpc) is 2.47. The minimum Gasteiger partial charge on any atom is -0.466 e. The molecule has 0 aromatic heterocycles. The fraction of sp³-hybridized carbons (Fsp3) is 0.833. The van der Waals surface area contributed by atoms with Crippen molar-refractivity contribution in [1.82, 2.24) is 0 Å². The van der Waals surface area contributed by atoms with Crippen molar-refractivity contribution in [2.75, 3.05) is 13.2 Å². The van der Waals surface area contributed by atoms with Gasteiger partial charge in [-0.1, -0.05) is 20.8 Å². The van der Waals surface area contributed by atoms with Crippen molar-refractivity contribution < 1.29 is 23.9 Å². The maximum Gasteiger partial charge on any atom is 0.320 e. The van der Waals surface area contributed by atoms with Gasteiger partial charge in [-0.2, -0.15) is 0 Å². The van der Waals surface area contributed by atoms with Crippen molar-refractivity contribution in [3.05, 3.63) is 0 Å². The third-order valence-electron chi connectivity index (χ3n) is 4.74. The van der Waals surface area contributed by atoms with Gasteiger partial charge in [-0.05, 0) is 44.9 Å². The molecule has 0 spiro atoms. The van der Waals surface area contributed by atoms with Crippen LogP contribution in [0.4, 0.5) is 0 Å². The molecule has 0 amide bonds. The summed E-state index contributed by atoms with van der Waals surface area (Å²) in [5.74, 6) is -1.28. The van der Waals surface area contributed by atoms with E-state index in [2.05, 4.69) is 13.8 Å². The number of carbonyl (C=O) groups excluding carboxylic acids is 3. The molecule has 0 N–H and O–H groups in total. The molecule has 0 saturated heterocycles. The Morgan fingerprint density at radius 1 is 1.17 bits per heavy atom. The van der Waals surface area contributed by atoms with E-state index in [0.717, 1.165) is 12.8 Å². The van der Waals surface area contributed by atoms with Crippen molar-refractivity contribution in [2.45, 2.75) is 60.3 Å². The third kappa shape index (κ3) is 4.33. The predicted molar refractivity (Wildman–Crippen MR) is 86.7 cm³/mol. The molecular formula is C18H30O5. The summed E-state index contributed by atoms with van der Waals surface area (Å²) in [7, 11) is 0. The molecule has 1 aliphatic rings. The summed E-state index contributed by atoms with van der Waals surface area (Å²) in [6.07, 6.45) is 2.41. The molecule has 1 rings (SSSR count). The molecule has 23 heavy (non-hydrogen) atoms. The molecule has 1 saturated carbocycles. The first-order chi connectivity index (χ1) is 10.8. The van der Waals surface area contributed by atoms with E-state index in [9.17, 15) is 14.4 Å². The molecular weight excluding hydrogens is 296 g/mol. The molecule has 5 heteroatoms. The monoisotopic (exact) mass is 326 g/mol. The summed E-state index contributed by atoms with van der Waals surface area (Å²) >= 11 is 0. The number of Topliss-reactive ketones (excluding diaryl/α,β-unsaturated/α-hetero) is 1. The number of esters is 2. The Morgan fingerprint density at radius 3 is 2.26 bits per heavy atom. The van der Waals surface area contributed by atoms with E-state index in [1.54, 1.807) is 20.8 Å². The number of hydrogen-bond acceptors (Lipinski definition) is 5. The fourth-order valence-electron chi connectivity index (χ4n) is 3.56. The Labute approximate surface area is 139 Å². The van der Waals surface area contributed by atoms with Gasteiger partial charge in [-0.15, -0.1) is 0 Å². The number of carbonyl (C=O) groups is 3. The van der Waals surface area contributed by atoms with E-state index in [1.165, 1.54) is 0 Å². The third-order valence-corrected chi connectivity index (χ3v) is 4.74. The predicted octanol–water partition coefficient (Wildman–Crippen LogP) is 3.15. The zero-order chi connectivity index (χ0) is 17.6. The quantitative estimate of drug-likeness (QED) is 0.531. The number of ketones is 1. The topological polar surface area (TPSA) is 69.7 Å². The second-order valence-electron chi connectivity index (χ2n) is 6.83. The standard InChI is InChI=1S/C18H30O5/c1-6-22-16(20)13(5)18(17(21)23-7-2)9-8-14(10-12(3)4)11-15(18)19/h12-14H,6-11H2,1-5H3. The fourth-order valence-corrected chi connectivity index (χ4v) is 3.56. The van der Waals surface area contributed by atoms with Crippen LogP contribution in [0.5, 0.6) is 0 Å². The van der Waals surface area contributed by atoms with Crippen molar-refractivity contribution >= 4 is 17.7 Å². The summed E-state index contributed by atoms with van der Waals surface area (Å²) in [4.78, 5) is 37.6. The van der Waals surface area contributed by atoms with E-state index in [4.69, 9.17) is 9.47 Å². The molecule has 0 radical (unpaired) electrons. The van der Waals surface area contributed by atoms with Gasteiger partial charge in [0.1, 0.15) is 5.41 Å². The summed E-state index contributed by atoms with van der Waals surface area (Å²) in [5.41, 5.74) is -1.38. The number of ether oxygens (including phenoxy) is 2. The smallest absolute Gasteiger partial charge is 0.320 e. The van der Waals surface area contributed by atoms with Crippen LogP contribution in [-0.4, -0.2) is 30.9 Å². The van der Waals surface area contributed by atoms with E-state index in [-0.39, 0.29) is 24.9 Å². The zero-order valence-electron chi connectivity index (χ0n) is 15.0. The molecule has 0 aromatic rings. The summed E-state index contributed by atoms with van der Waals surface area (Å²) < 4.78 is 10.2. The Morgan fingerprint density at radius 2 is 1.78 bits per heavy atom. The average molecular weight is 326 g/mol. The van der Waals surface area contributed by atoms with Crippen molar-refractivity contribution in [2.24, 2.45) is 23.2 Å². The molecule has 3 atom stereocenters. The molecule has 132 valence electrons. The number of rotatable bonds is 7. The highest BCUT2D eigenvalue weighted by Crippen LogP contribution is 2.45. The van der Waals surface area contributed by atoms with Crippen LogP contribution in [0.3, 0.4) is 0 Å². The highest BCUT2D eigenvalue weighted by molar-refractivity contribution is 6.07. The molecule has 0 heterocycles. The van der Waals surface area contributed by atoms with Crippen LogP contribution in [-0.2, 0) is 23.9 Å². The molecule has 1 fully saturated rings. The zero-order valence-corrected chi connectivity index (χ0v) is 15.0. The molecule has 1 aliphatic carbocycles. The van der Waals surface area contributed by atoms with Crippen LogP contribution in [0.1, 0.15) is 60.3 Å². The van der Waals surface area contributed by atoms with Gasteiger partial charge in [0, 0.05) is 6.42 Å². The van der Waals surface area contributed by atoms with Gasteiger partial charge in [-0.25, -0.2) is 0 Å². The van der Waals surface area contributed by atoms with Gasteiger partial charge in [0.25, 0.3) is 0 Å². The second-order valence-corrected chi connectivity index (χ2v) is 6.83. The summed E-state index contributed by atoms with van der Waals surface area (Å²) in [6.45, 7) is 9.69. The van der Waals surface area contributed by atoms with Gasteiger partial charge < -0.3 is 9.47 Å². The second kappa shape index (κ2) is 8.46. The Balaban J connectivity index is 3.05.